The van der Waals surface area contributed by atoms with Crippen molar-refractivity contribution in [2.24, 2.45) is 0 Å². The van der Waals surface area contributed by atoms with Gasteiger partial charge in [0, 0.05) is 17.6 Å². The minimum absolute atomic E-state index is 0.0704. The predicted octanol–water partition coefficient (Wildman–Crippen LogP) is 5.07. The summed E-state index contributed by atoms with van der Waals surface area (Å²) in [6.07, 6.45) is 4.85. The summed E-state index contributed by atoms with van der Waals surface area (Å²) in [4.78, 5) is 19.9. The second-order valence-corrected chi connectivity index (χ2v) is 9.02. The van der Waals surface area contributed by atoms with Gasteiger partial charge in [-0.3, -0.25) is 14.8 Å². The molecule has 0 saturated carbocycles. The van der Waals surface area contributed by atoms with Crippen molar-refractivity contribution < 1.29 is 18.3 Å². The molecule has 0 radical (unpaired) electrons. The Labute approximate surface area is 198 Å². The first-order valence-electron chi connectivity index (χ1n) is 10.4. The maximum Gasteiger partial charge on any atom is 0.387 e. The van der Waals surface area contributed by atoms with E-state index in [4.69, 9.17) is 21.3 Å². The summed E-state index contributed by atoms with van der Waals surface area (Å²) in [6.45, 7) is -0.479. The molecule has 0 aliphatic carbocycles. The number of hydrogen-bond donors (Lipinski definition) is 3. The Morgan fingerprint density at radius 3 is 2.85 bits per heavy atom. The number of aromatic nitrogens is 3. The van der Waals surface area contributed by atoms with Gasteiger partial charge in [-0.1, -0.05) is 29.4 Å². The van der Waals surface area contributed by atoms with Gasteiger partial charge >= 0.3 is 6.61 Å². The van der Waals surface area contributed by atoms with Gasteiger partial charge in [-0.2, -0.15) is 13.9 Å². The number of carbonyl (C=O) groups is 1. The largest absolute Gasteiger partial charge is 0.434 e. The molecule has 0 spiro atoms. The van der Waals surface area contributed by atoms with Crippen LogP contribution in [0.2, 0.25) is 5.02 Å². The van der Waals surface area contributed by atoms with Crippen molar-refractivity contribution in [1.29, 1.82) is 0 Å². The van der Waals surface area contributed by atoms with E-state index in [2.05, 4.69) is 25.7 Å². The van der Waals surface area contributed by atoms with Gasteiger partial charge in [-0.15, -0.1) is 0 Å². The summed E-state index contributed by atoms with van der Waals surface area (Å²) in [5.41, 5.74) is 0.915. The van der Waals surface area contributed by atoms with E-state index in [-0.39, 0.29) is 11.3 Å². The van der Waals surface area contributed by atoms with Crippen LogP contribution in [0.1, 0.15) is 34.6 Å². The zero-order valence-corrected chi connectivity index (χ0v) is 19.4. The van der Waals surface area contributed by atoms with Crippen LogP contribution in [0.15, 0.2) is 24.4 Å². The molecule has 33 heavy (non-hydrogen) atoms. The SMILES string of the molecule is CNc1[nH]ncc1C(=O)Nc1sc(CN2CCCCC2)nc1-c1cc(Cl)ccc1OC(F)F. The molecule has 12 heteroatoms. The smallest absolute Gasteiger partial charge is 0.387 e. The number of nitrogens with one attached hydrogen (secondary N) is 3. The second-order valence-electron chi connectivity index (χ2n) is 7.50. The first-order valence-corrected chi connectivity index (χ1v) is 11.6. The van der Waals surface area contributed by atoms with Gasteiger partial charge in [0.1, 0.15) is 32.8 Å². The molecule has 1 amide bonds. The lowest BCUT2D eigenvalue weighted by Crippen LogP contribution is -2.28. The molecule has 8 nitrogen and oxygen atoms in total. The number of nitrogens with zero attached hydrogens (tertiary/aromatic N) is 3. The topological polar surface area (TPSA) is 95.2 Å². The molecule has 1 aliphatic heterocycles. The van der Waals surface area contributed by atoms with E-state index >= 15 is 0 Å². The highest BCUT2D eigenvalue weighted by molar-refractivity contribution is 7.16. The summed E-state index contributed by atoms with van der Waals surface area (Å²) >= 11 is 7.46. The molecule has 1 saturated heterocycles. The molecule has 3 N–H and O–H groups in total. The first kappa shape index (κ1) is 23.4. The third kappa shape index (κ3) is 5.60. The van der Waals surface area contributed by atoms with E-state index in [0.717, 1.165) is 30.9 Å². The van der Waals surface area contributed by atoms with Crippen molar-refractivity contribution in [3.63, 3.8) is 0 Å². The Kier molecular flexibility index (Phi) is 7.41. The van der Waals surface area contributed by atoms with Gasteiger partial charge in [0.05, 0.1) is 12.7 Å². The van der Waals surface area contributed by atoms with Gasteiger partial charge in [-0.25, -0.2) is 4.98 Å². The van der Waals surface area contributed by atoms with E-state index in [1.807, 2.05) is 0 Å². The standard InChI is InChI=1S/C21H23ClF2N6O2S/c1-25-18-14(10-26-29-18)19(31)28-20-17(13-9-12(22)5-6-15(13)32-21(23)24)27-16(33-20)11-30-7-3-2-4-8-30/h5-6,9-10,21H,2-4,7-8,11H2,1H3,(H,28,31)(H2,25,26,29). The average Bonchev–Trinajstić information content (AvgIpc) is 3.42. The number of likely N-dealkylation sites (tertiary alicyclic amines) is 1. The first-order chi connectivity index (χ1) is 15.9. The third-order valence-electron chi connectivity index (χ3n) is 5.25. The van der Waals surface area contributed by atoms with Crippen LogP contribution in [0.3, 0.4) is 0 Å². The number of alkyl halides is 2. The molecule has 3 heterocycles. The summed E-state index contributed by atoms with van der Waals surface area (Å²) in [6, 6.07) is 4.34. The molecule has 1 fully saturated rings. The van der Waals surface area contributed by atoms with Crippen LogP contribution in [0.25, 0.3) is 11.3 Å². The fourth-order valence-electron chi connectivity index (χ4n) is 3.71. The highest BCUT2D eigenvalue weighted by Gasteiger charge is 2.23. The maximum absolute atomic E-state index is 13.0. The molecular weight excluding hydrogens is 474 g/mol. The molecular formula is C21H23ClF2N6O2S. The van der Waals surface area contributed by atoms with Crippen LogP contribution < -0.4 is 15.4 Å². The highest BCUT2D eigenvalue weighted by Crippen LogP contribution is 2.41. The normalized spacial score (nSPS) is 14.5. The second kappa shape index (κ2) is 10.4. The van der Waals surface area contributed by atoms with Crippen LogP contribution in [0.5, 0.6) is 5.75 Å². The van der Waals surface area contributed by atoms with E-state index < -0.39 is 12.5 Å². The number of hydrogen-bond acceptors (Lipinski definition) is 7. The van der Waals surface area contributed by atoms with Crippen molar-refractivity contribution in [2.45, 2.75) is 32.4 Å². The Morgan fingerprint density at radius 2 is 2.12 bits per heavy atom. The summed E-state index contributed by atoms with van der Waals surface area (Å²) in [5, 5.41) is 13.8. The van der Waals surface area contributed by atoms with Gasteiger partial charge in [0.15, 0.2) is 0 Å². The summed E-state index contributed by atoms with van der Waals surface area (Å²) in [5.74, 6) is -0.0311. The lowest BCUT2D eigenvalue weighted by molar-refractivity contribution is -0.0494. The molecule has 1 aromatic carbocycles. The number of anilines is 2. The van der Waals surface area contributed by atoms with Gasteiger partial charge < -0.3 is 15.4 Å². The van der Waals surface area contributed by atoms with E-state index in [9.17, 15) is 13.6 Å². The van der Waals surface area contributed by atoms with Crippen LogP contribution in [0, 0.1) is 0 Å². The van der Waals surface area contributed by atoms with Crippen molar-refractivity contribution in [1.82, 2.24) is 20.1 Å². The number of piperidine rings is 1. The Hall–Kier alpha value is -2.76. The van der Waals surface area contributed by atoms with Crippen LogP contribution in [0.4, 0.5) is 19.6 Å². The number of thiazole rings is 1. The number of carbonyl (C=O) groups excluding carboxylic acids is 1. The number of aromatic amines is 1. The Balaban J connectivity index is 1.71. The fraction of sp³-hybridized carbons (Fsp3) is 0.381. The van der Waals surface area contributed by atoms with E-state index in [1.165, 1.54) is 42.2 Å². The highest BCUT2D eigenvalue weighted by atomic mass is 35.5. The lowest BCUT2D eigenvalue weighted by Gasteiger charge is -2.25. The summed E-state index contributed by atoms with van der Waals surface area (Å²) < 4.78 is 30.8. The fourth-order valence-corrected chi connectivity index (χ4v) is 4.90. The lowest BCUT2D eigenvalue weighted by atomic mass is 10.1. The number of benzene rings is 1. The van der Waals surface area contributed by atoms with E-state index in [1.54, 1.807) is 7.05 Å². The van der Waals surface area contributed by atoms with Crippen LogP contribution >= 0.6 is 22.9 Å². The molecule has 0 atom stereocenters. The molecule has 0 unspecified atom stereocenters. The van der Waals surface area contributed by atoms with E-state index in [0.29, 0.717) is 33.6 Å². The number of amides is 1. The minimum Gasteiger partial charge on any atom is -0.434 e. The van der Waals surface area contributed by atoms with Crippen molar-refractivity contribution in [3.8, 4) is 17.0 Å². The average molecular weight is 497 g/mol. The third-order valence-corrected chi connectivity index (χ3v) is 6.44. The summed E-state index contributed by atoms with van der Waals surface area (Å²) in [7, 11) is 1.67. The number of rotatable bonds is 8. The molecule has 0 bridgehead atoms. The molecule has 176 valence electrons. The van der Waals surface area contributed by atoms with Gasteiger partial charge in [0.25, 0.3) is 5.91 Å². The molecule has 4 rings (SSSR count). The quantitative estimate of drug-likeness (QED) is 0.403. The van der Waals surface area contributed by atoms with Crippen molar-refractivity contribution in [3.05, 3.63) is 40.0 Å². The van der Waals surface area contributed by atoms with Gasteiger partial charge in [-0.05, 0) is 44.1 Å². The number of H-pyrrole nitrogens is 1. The van der Waals surface area contributed by atoms with Crippen molar-refractivity contribution in [2.75, 3.05) is 30.8 Å². The molecule has 3 aromatic rings. The molecule has 2 aromatic heterocycles. The van der Waals surface area contributed by atoms with Crippen molar-refractivity contribution >= 4 is 39.7 Å². The van der Waals surface area contributed by atoms with Gasteiger partial charge in [0.2, 0.25) is 0 Å². The monoisotopic (exact) mass is 496 g/mol. The minimum atomic E-state index is -3.02. The van der Waals surface area contributed by atoms with Crippen LogP contribution in [-0.4, -0.2) is 52.7 Å². The number of halogens is 3. The molecule has 1 aliphatic rings. The van der Waals surface area contributed by atoms with Crippen LogP contribution in [-0.2, 0) is 6.54 Å². The number of ether oxygens (including phenoxy) is 1. The maximum atomic E-state index is 13.0. The zero-order chi connectivity index (χ0) is 23.4. The predicted molar refractivity (Wildman–Crippen MR) is 124 cm³/mol. The Bertz CT molecular complexity index is 1120. The zero-order valence-electron chi connectivity index (χ0n) is 17.8. The Morgan fingerprint density at radius 1 is 1.33 bits per heavy atom.